The van der Waals surface area contributed by atoms with E-state index in [2.05, 4.69) is 80.5 Å². The molecule has 0 saturated heterocycles. The van der Waals surface area contributed by atoms with E-state index in [9.17, 15) is 4.79 Å². The van der Waals surface area contributed by atoms with E-state index in [0.717, 1.165) is 94.8 Å². The van der Waals surface area contributed by atoms with Crippen molar-refractivity contribution >= 4 is 5.78 Å². The summed E-state index contributed by atoms with van der Waals surface area (Å²) in [6.45, 7) is 19.4. The van der Waals surface area contributed by atoms with Crippen LogP contribution in [-0.4, -0.2) is 30.2 Å². The Morgan fingerprint density at radius 1 is 0.609 bits per heavy atom. The minimum atomic E-state index is -0.0408. The van der Waals surface area contributed by atoms with Crippen LogP contribution in [-0.2, 0) is 12.8 Å². The molecule has 260 valence electrons. The Morgan fingerprint density at radius 3 is 1.63 bits per heavy atom. The molecule has 4 atom stereocenters. The van der Waals surface area contributed by atoms with Crippen molar-refractivity contribution < 1.29 is 23.7 Å². The second-order valence-electron chi connectivity index (χ2n) is 13.3. The summed E-state index contributed by atoms with van der Waals surface area (Å²) in [5, 5.41) is 0. The van der Waals surface area contributed by atoms with Crippen molar-refractivity contribution in [3.8, 4) is 23.0 Å². The lowest BCUT2D eigenvalue weighted by Crippen LogP contribution is -2.19. The number of carbonyl (C=O) groups excluding carboxylic acids is 1. The number of unbranched alkanes of at least 4 members (excludes halogenated alkanes) is 4. The maximum atomic E-state index is 14.3. The Balaban J connectivity index is 2.50. The van der Waals surface area contributed by atoms with Gasteiger partial charge in [0.2, 0.25) is 0 Å². The lowest BCUT2D eigenvalue weighted by Gasteiger charge is -2.24. The van der Waals surface area contributed by atoms with Gasteiger partial charge in [0.05, 0.1) is 30.0 Å². The fourth-order valence-corrected chi connectivity index (χ4v) is 5.68. The van der Waals surface area contributed by atoms with Crippen molar-refractivity contribution in [1.82, 2.24) is 0 Å². The highest BCUT2D eigenvalue weighted by Gasteiger charge is 2.24. The molecule has 4 unspecified atom stereocenters. The molecule has 0 aliphatic carbocycles. The molecule has 0 N–H and O–H groups in total. The molecule has 0 radical (unpaired) electrons. The Hall–Kier alpha value is -2.69. The van der Waals surface area contributed by atoms with Crippen LogP contribution in [0.15, 0.2) is 30.3 Å². The van der Waals surface area contributed by atoms with Crippen LogP contribution in [0.1, 0.15) is 167 Å². The normalized spacial score (nSPS) is 13.9. The smallest absolute Gasteiger partial charge is 0.172 e. The zero-order valence-electron chi connectivity index (χ0n) is 30.8. The van der Waals surface area contributed by atoms with E-state index in [1.807, 2.05) is 12.1 Å². The summed E-state index contributed by atoms with van der Waals surface area (Å²) in [6, 6.07) is 10.3. The van der Waals surface area contributed by atoms with Crippen molar-refractivity contribution in [3.05, 3.63) is 47.0 Å². The first-order valence-electron chi connectivity index (χ1n) is 18.6. The van der Waals surface area contributed by atoms with E-state index in [1.54, 1.807) is 0 Å². The Bertz CT molecular complexity index is 1140. The van der Waals surface area contributed by atoms with E-state index < -0.39 is 0 Å². The van der Waals surface area contributed by atoms with Gasteiger partial charge in [-0.25, -0.2) is 0 Å². The molecule has 46 heavy (non-hydrogen) atoms. The van der Waals surface area contributed by atoms with Crippen LogP contribution >= 0.6 is 0 Å². The molecule has 0 amide bonds. The van der Waals surface area contributed by atoms with Gasteiger partial charge in [0.1, 0.15) is 11.5 Å². The summed E-state index contributed by atoms with van der Waals surface area (Å²) in [6.07, 6.45) is 14.7. The summed E-state index contributed by atoms with van der Waals surface area (Å²) in [7, 11) is 0. The fourth-order valence-electron chi connectivity index (χ4n) is 5.68. The molecular weight excluding hydrogens is 572 g/mol. The average molecular weight is 639 g/mol. The van der Waals surface area contributed by atoms with Crippen LogP contribution in [0.5, 0.6) is 23.0 Å². The van der Waals surface area contributed by atoms with Gasteiger partial charge in [-0.3, -0.25) is 4.79 Å². The van der Waals surface area contributed by atoms with Crippen LogP contribution in [0.2, 0.25) is 0 Å². The van der Waals surface area contributed by atoms with Crippen molar-refractivity contribution in [2.45, 2.75) is 183 Å². The number of rotatable bonds is 25. The number of ketones is 1. The van der Waals surface area contributed by atoms with Gasteiger partial charge in [-0.05, 0) is 89.5 Å². The van der Waals surface area contributed by atoms with Gasteiger partial charge in [0.15, 0.2) is 17.3 Å². The van der Waals surface area contributed by atoms with Crippen LogP contribution in [0.25, 0.3) is 0 Å². The highest BCUT2D eigenvalue weighted by molar-refractivity contribution is 6.00. The van der Waals surface area contributed by atoms with Gasteiger partial charge in [-0.15, -0.1) is 0 Å². The molecule has 0 spiro atoms. The van der Waals surface area contributed by atoms with E-state index in [0.29, 0.717) is 35.7 Å². The lowest BCUT2D eigenvalue weighted by atomic mass is 9.98. The average Bonchev–Trinajstić information content (AvgIpc) is 3.04. The second kappa shape index (κ2) is 22.0. The van der Waals surface area contributed by atoms with E-state index in [4.69, 9.17) is 18.9 Å². The highest BCUT2D eigenvalue weighted by Crippen LogP contribution is 2.40. The van der Waals surface area contributed by atoms with E-state index >= 15 is 0 Å². The molecule has 2 aromatic rings. The molecule has 0 bridgehead atoms. The van der Waals surface area contributed by atoms with Gasteiger partial charge in [-0.1, -0.05) is 98.1 Å². The van der Waals surface area contributed by atoms with Gasteiger partial charge in [-0.2, -0.15) is 0 Å². The van der Waals surface area contributed by atoms with Crippen LogP contribution in [0.3, 0.4) is 0 Å². The Labute approximate surface area is 282 Å². The quantitative estimate of drug-likeness (QED) is 0.101. The van der Waals surface area contributed by atoms with Crippen molar-refractivity contribution in [3.63, 3.8) is 0 Å². The second-order valence-corrected chi connectivity index (χ2v) is 13.3. The third-order valence-electron chi connectivity index (χ3n) is 8.65. The predicted molar refractivity (Wildman–Crippen MR) is 193 cm³/mol. The third kappa shape index (κ3) is 14.0. The highest BCUT2D eigenvalue weighted by atomic mass is 16.5. The first kappa shape index (κ1) is 39.5. The maximum absolute atomic E-state index is 14.3. The molecular formula is C41H66O5. The van der Waals surface area contributed by atoms with E-state index in [1.165, 1.54) is 5.56 Å². The van der Waals surface area contributed by atoms with Crippen LogP contribution in [0.4, 0.5) is 0 Å². The van der Waals surface area contributed by atoms with Crippen LogP contribution < -0.4 is 18.9 Å². The van der Waals surface area contributed by atoms with Gasteiger partial charge < -0.3 is 18.9 Å². The van der Waals surface area contributed by atoms with Gasteiger partial charge >= 0.3 is 0 Å². The topological polar surface area (TPSA) is 54.0 Å². The fraction of sp³-hybridized carbons (Fsp3) is 0.683. The summed E-state index contributed by atoms with van der Waals surface area (Å²) in [4.78, 5) is 14.3. The zero-order valence-corrected chi connectivity index (χ0v) is 30.8. The van der Waals surface area contributed by atoms with Gasteiger partial charge in [0, 0.05) is 12.5 Å². The molecule has 0 heterocycles. The SMILES string of the molecule is CCCCC(C)Oc1cc(OC(C)CCCC)c(OC(C)CCCC)c(C(=O)CCc2cc(CC)ccc2OC(C)CCCC)c1. The van der Waals surface area contributed by atoms with E-state index in [-0.39, 0.29) is 30.2 Å². The number of carbonyl (C=O) groups is 1. The minimum absolute atomic E-state index is 0.00449. The maximum Gasteiger partial charge on any atom is 0.172 e. The summed E-state index contributed by atoms with van der Waals surface area (Å²) in [5.41, 5.74) is 2.88. The molecule has 0 aliphatic heterocycles. The number of benzene rings is 2. The molecule has 5 nitrogen and oxygen atoms in total. The number of hydrogen-bond donors (Lipinski definition) is 0. The summed E-state index contributed by atoms with van der Waals surface area (Å²) >= 11 is 0. The molecule has 0 aliphatic rings. The summed E-state index contributed by atoms with van der Waals surface area (Å²) < 4.78 is 26.0. The lowest BCUT2D eigenvalue weighted by molar-refractivity contribution is 0.0970. The molecule has 2 aromatic carbocycles. The Morgan fingerprint density at radius 2 is 1.11 bits per heavy atom. The number of aryl methyl sites for hydroxylation is 2. The largest absolute Gasteiger partial charge is 0.491 e. The minimum Gasteiger partial charge on any atom is -0.491 e. The first-order chi connectivity index (χ1) is 22.1. The Kier molecular flexibility index (Phi) is 18.9. The predicted octanol–water partition coefficient (Wildman–Crippen LogP) is 11.9. The standard InChI is InChI=1S/C41H66O5/c1-10-15-19-30(6)43-36-28-37(41(46-33(9)22-18-13-4)40(29-36)45-32(8)21-17-12-3)38(42)25-24-35-27-34(14-5)23-26-39(35)44-31(7)20-16-11-2/h23,26-33H,10-22,24-25H2,1-9H3. The van der Waals surface area contributed by atoms with Crippen molar-refractivity contribution in [2.24, 2.45) is 0 Å². The first-order valence-corrected chi connectivity index (χ1v) is 18.6. The summed E-state index contributed by atoms with van der Waals surface area (Å²) in [5.74, 6) is 2.74. The van der Waals surface area contributed by atoms with Crippen molar-refractivity contribution in [1.29, 1.82) is 0 Å². The molecule has 0 saturated carbocycles. The molecule has 0 fully saturated rings. The molecule has 0 aromatic heterocycles. The monoisotopic (exact) mass is 638 g/mol. The number of Topliss-reactive ketones (excluding diaryl/α,β-unsaturated/α-hetero) is 1. The number of hydrogen-bond acceptors (Lipinski definition) is 5. The van der Waals surface area contributed by atoms with Gasteiger partial charge in [0.25, 0.3) is 0 Å². The molecule has 5 heteroatoms. The van der Waals surface area contributed by atoms with Crippen LogP contribution in [0, 0.1) is 0 Å². The third-order valence-corrected chi connectivity index (χ3v) is 8.65. The van der Waals surface area contributed by atoms with Crippen molar-refractivity contribution in [2.75, 3.05) is 0 Å². The zero-order chi connectivity index (χ0) is 33.9. The number of ether oxygens (including phenoxy) is 4. The molecule has 2 rings (SSSR count).